The number of hydrogen-bond acceptors (Lipinski definition) is 4. The summed E-state index contributed by atoms with van der Waals surface area (Å²) in [5.41, 5.74) is 4.90. The minimum absolute atomic E-state index is 0.798. The van der Waals surface area contributed by atoms with Crippen LogP contribution in [0.4, 0.5) is 17.3 Å². The summed E-state index contributed by atoms with van der Waals surface area (Å²) in [6, 6.07) is 6.46. The Morgan fingerprint density at radius 3 is 2.21 bits per heavy atom. The maximum absolute atomic E-state index is 4.63. The average molecular weight is 326 g/mol. The van der Waals surface area contributed by atoms with E-state index in [-0.39, 0.29) is 0 Å². The van der Waals surface area contributed by atoms with Crippen LogP contribution in [0.25, 0.3) is 0 Å². The van der Waals surface area contributed by atoms with E-state index in [1.54, 1.807) is 0 Å². The van der Waals surface area contributed by atoms with Crippen molar-refractivity contribution in [3.8, 4) is 0 Å². The lowest BCUT2D eigenvalue weighted by Crippen LogP contribution is -2.25. The molecule has 0 aliphatic rings. The van der Waals surface area contributed by atoms with E-state index in [9.17, 15) is 0 Å². The number of rotatable bonds is 7. The van der Waals surface area contributed by atoms with Gasteiger partial charge in [0, 0.05) is 24.8 Å². The van der Waals surface area contributed by atoms with Gasteiger partial charge in [-0.2, -0.15) is 0 Å². The van der Waals surface area contributed by atoms with Gasteiger partial charge in [0.25, 0.3) is 0 Å². The molecule has 0 unspecified atom stereocenters. The number of hydrogen-bond donors (Lipinski definition) is 1. The first-order valence-corrected chi connectivity index (χ1v) is 8.90. The highest BCUT2D eigenvalue weighted by molar-refractivity contribution is 5.66. The summed E-state index contributed by atoms with van der Waals surface area (Å²) in [7, 11) is 0. The first-order valence-electron chi connectivity index (χ1n) is 8.90. The summed E-state index contributed by atoms with van der Waals surface area (Å²) in [4.78, 5) is 11.5. The van der Waals surface area contributed by atoms with Gasteiger partial charge in [0.05, 0.1) is 0 Å². The molecular formula is C20H30N4. The van der Waals surface area contributed by atoms with Crippen molar-refractivity contribution in [1.82, 2.24) is 9.97 Å². The van der Waals surface area contributed by atoms with Gasteiger partial charge in [-0.25, -0.2) is 9.97 Å². The minimum Gasteiger partial charge on any atom is -0.357 e. The molecule has 1 N–H and O–H groups in total. The van der Waals surface area contributed by atoms with Gasteiger partial charge in [-0.3, -0.25) is 0 Å². The second-order valence-electron chi connectivity index (χ2n) is 6.49. The van der Waals surface area contributed by atoms with Crippen molar-refractivity contribution >= 4 is 17.3 Å². The van der Waals surface area contributed by atoms with Gasteiger partial charge in [0.1, 0.15) is 17.5 Å². The molecule has 4 nitrogen and oxygen atoms in total. The molecule has 0 fully saturated rings. The first kappa shape index (κ1) is 18.2. The van der Waals surface area contributed by atoms with Crippen LogP contribution < -0.4 is 10.2 Å². The highest BCUT2D eigenvalue weighted by Crippen LogP contribution is 2.26. The average Bonchev–Trinajstić information content (AvgIpc) is 2.51. The number of nitrogens with zero attached hydrogens (tertiary/aromatic N) is 3. The number of aryl methyl sites for hydroxylation is 4. The Hall–Kier alpha value is -2.10. The van der Waals surface area contributed by atoms with Crippen LogP contribution in [-0.4, -0.2) is 23.1 Å². The molecule has 0 saturated carbocycles. The SMILES string of the molecule is CCCCN(CC)c1cc(Nc2c(C)cc(C)cc2C)nc(C)n1. The Balaban J connectivity index is 2.32. The Bertz CT molecular complexity index is 671. The van der Waals surface area contributed by atoms with Crippen molar-refractivity contribution < 1.29 is 0 Å². The Morgan fingerprint density at radius 1 is 0.958 bits per heavy atom. The molecule has 0 amide bonds. The fraction of sp³-hybridized carbons (Fsp3) is 0.500. The van der Waals surface area contributed by atoms with E-state index in [1.807, 2.05) is 6.92 Å². The predicted molar refractivity (Wildman–Crippen MR) is 103 cm³/mol. The third kappa shape index (κ3) is 4.47. The first-order chi connectivity index (χ1) is 11.4. The second kappa shape index (κ2) is 8.13. The largest absolute Gasteiger partial charge is 0.357 e. The van der Waals surface area contributed by atoms with Crippen LogP contribution in [0.3, 0.4) is 0 Å². The third-order valence-corrected chi connectivity index (χ3v) is 4.24. The van der Waals surface area contributed by atoms with Gasteiger partial charge in [-0.1, -0.05) is 31.0 Å². The van der Waals surface area contributed by atoms with Crippen LogP contribution in [0.15, 0.2) is 18.2 Å². The zero-order valence-electron chi connectivity index (χ0n) is 15.9. The summed E-state index contributed by atoms with van der Waals surface area (Å²) < 4.78 is 0. The zero-order valence-corrected chi connectivity index (χ0v) is 15.9. The van der Waals surface area contributed by atoms with Crippen LogP contribution in [-0.2, 0) is 0 Å². The number of unbranched alkanes of at least 4 members (excludes halogenated alkanes) is 1. The zero-order chi connectivity index (χ0) is 17.7. The fourth-order valence-electron chi connectivity index (χ4n) is 3.07. The number of aromatic nitrogens is 2. The standard InChI is InChI=1S/C20H30N4/c1-7-9-10-24(8-2)19-13-18(21-17(6)22-19)23-20-15(4)11-14(3)12-16(20)5/h11-13H,7-10H2,1-6H3,(H,21,22,23). The van der Waals surface area contributed by atoms with E-state index in [0.717, 1.165) is 36.2 Å². The molecule has 1 aromatic heterocycles. The van der Waals surface area contributed by atoms with E-state index in [1.165, 1.54) is 29.5 Å². The monoisotopic (exact) mass is 326 g/mol. The van der Waals surface area contributed by atoms with Gasteiger partial charge >= 0.3 is 0 Å². The lowest BCUT2D eigenvalue weighted by atomic mass is 10.1. The molecule has 24 heavy (non-hydrogen) atoms. The Kier molecular flexibility index (Phi) is 6.18. The van der Waals surface area contributed by atoms with Crippen molar-refractivity contribution in [2.45, 2.75) is 54.4 Å². The molecule has 1 aromatic carbocycles. The number of benzene rings is 1. The van der Waals surface area contributed by atoms with Gasteiger partial charge in [-0.05, 0) is 52.2 Å². The van der Waals surface area contributed by atoms with E-state index in [0.29, 0.717) is 0 Å². The molecule has 0 spiro atoms. The van der Waals surface area contributed by atoms with E-state index >= 15 is 0 Å². The third-order valence-electron chi connectivity index (χ3n) is 4.24. The number of anilines is 3. The molecule has 1 heterocycles. The van der Waals surface area contributed by atoms with Gasteiger partial charge < -0.3 is 10.2 Å². The van der Waals surface area contributed by atoms with E-state index < -0.39 is 0 Å². The molecule has 4 heteroatoms. The molecule has 0 radical (unpaired) electrons. The van der Waals surface area contributed by atoms with Crippen LogP contribution >= 0.6 is 0 Å². The highest BCUT2D eigenvalue weighted by Gasteiger charge is 2.11. The lowest BCUT2D eigenvalue weighted by Gasteiger charge is -2.23. The maximum atomic E-state index is 4.63. The molecule has 2 aromatic rings. The van der Waals surface area contributed by atoms with E-state index in [4.69, 9.17) is 0 Å². The topological polar surface area (TPSA) is 41.0 Å². The number of nitrogens with one attached hydrogen (secondary N) is 1. The molecule has 0 bridgehead atoms. The quantitative estimate of drug-likeness (QED) is 0.770. The molecule has 0 atom stereocenters. The van der Waals surface area contributed by atoms with Crippen molar-refractivity contribution in [3.05, 3.63) is 40.7 Å². The summed E-state index contributed by atoms with van der Waals surface area (Å²) in [6.45, 7) is 14.7. The van der Waals surface area contributed by atoms with Crippen LogP contribution in [0.1, 0.15) is 49.2 Å². The van der Waals surface area contributed by atoms with E-state index in [2.05, 4.69) is 73.0 Å². The second-order valence-corrected chi connectivity index (χ2v) is 6.49. The predicted octanol–water partition coefficient (Wildman–Crippen LogP) is 5.08. The smallest absolute Gasteiger partial charge is 0.136 e. The normalized spacial score (nSPS) is 10.8. The van der Waals surface area contributed by atoms with Crippen LogP contribution in [0.5, 0.6) is 0 Å². The summed E-state index contributed by atoms with van der Waals surface area (Å²) >= 11 is 0. The maximum Gasteiger partial charge on any atom is 0.136 e. The van der Waals surface area contributed by atoms with Crippen LogP contribution in [0, 0.1) is 27.7 Å². The van der Waals surface area contributed by atoms with Gasteiger partial charge in [0.2, 0.25) is 0 Å². The van der Waals surface area contributed by atoms with Gasteiger partial charge in [0.15, 0.2) is 0 Å². The van der Waals surface area contributed by atoms with Crippen molar-refractivity contribution in [2.24, 2.45) is 0 Å². The van der Waals surface area contributed by atoms with Crippen molar-refractivity contribution in [3.63, 3.8) is 0 Å². The summed E-state index contributed by atoms with van der Waals surface area (Å²) in [6.07, 6.45) is 2.36. The molecule has 0 aliphatic heterocycles. The molecule has 0 saturated heterocycles. The molecule has 130 valence electrons. The van der Waals surface area contributed by atoms with Crippen LogP contribution in [0.2, 0.25) is 0 Å². The van der Waals surface area contributed by atoms with Crippen molar-refractivity contribution in [2.75, 3.05) is 23.3 Å². The highest BCUT2D eigenvalue weighted by atomic mass is 15.2. The summed E-state index contributed by atoms with van der Waals surface area (Å²) in [5.74, 6) is 2.67. The summed E-state index contributed by atoms with van der Waals surface area (Å²) in [5, 5.41) is 3.51. The minimum atomic E-state index is 0.798. The Labute approximate surface area is 146 Å². The Morgan fingerprint density at radius 2 is 1.62 bits per heavy atom. The molecule has 2 rings (SSSR count). The molecular weight excluding hydrogens is 296 g/mol. The molecule has 0 aliphatic carbocycles. The fourth-order valence-corrected chi connectivity index (χ4v) is 3.07. The lowest BCUT2D eigenvalue weighted by molar-refractivity contribution is 0.721. The van der Waals surface area contributed by atoms with Gasteiger partial charge in [-0.15, -0.1) is 0 Å². The van der Waals surface area contributed by atoms with Crippen molar-refractivity contribution in [1.29, 1.82) is 0 Å².